The number of aromatic nitrogens is 2. The van der Waals surface area contributed by atoms with Gasteiger partial charge in [0, 0.05) is 30.7 Å². The Bertz CT molecular complexity index is 696. The Hall–Kier alpha value is -1.31. The number of hydrogen-bond acceptors (Lipinski definition) is 4. The van der Waals surface area contributed by atoms with Crippen LogP contribution in [0.2, 0.25) is 0 Å². The van der Waals surface area contributed by atoms with Crippen LogP contribution in [0.25, 0.3) is 0 Å². The number of nitrogens with one attached hydrogen (secondary N) is 1. The molecule has 7 heteroatoms. The average Bonchev–Trinajstić information content (AvgIpc) is 3.11. The lowest BCUT2D eigenvalue weighted by molar-refractivity contribution is 0.478. The van der Waals surface area contributed by atoms with Crippen molar-refractivity contribution in [1.82, 2.24) is 14.3 Å². The van der Waals surface area contributed by atoms with Crippen molar-refractivity contribution in [2.24, 2.45) is 0 Å². The lowest BCUT2D eigenvalue weighted by Gasteiger charge is -2.16. The molecule has 112 valence electrons. The number of hydrogen-bond donors (Lipinski definition) is 1. The monoisotopic (exact) mass is 323 g/mol. The summed E-state index contributed by atoms with van der Waals surface area (Å²) in [6.07, 6.45) is 4.33. The Kier molecular flexibility index (Phi) is 4.05. The Morgan fingerprint density at radius 2 is 2.10 bits per heavy atom. The van der Waals surface area contributed by atoms with E-state index in [1.807, 2.05) is 19.1 Å². The molecule has 2 aromatic rings. The molecule has 1 aliphatic rings. The van der Waals surface area contributed by atoms with E-state index in [2.05, 4.69) is 9.97 Å². The minimum atomic E-state index is -3.38. The Balaban J connectivity index is 1.71. The van der Waals surface area contributed by atoms with Crippen LogP contribution >= 0.6 is 11.8 Å². The van der Waals surface area contributed by atoms with E-state index in [-0.39, 0.29) is 5.25 Å². The van der Waals surface area contributed by atoms with Crippen LogP contribution in [-0.4, -0.2) is 41.0 Å². The number of benzene rings is 1. The van der Waals surface area contributed by atoms with Crippen molar-refractivity contribution in [3.8, 4) is 0 Å². The number of H-pyrrole nitrogens is 1. The second-order valence-electron chi connectivity index (χ2n) is 5.10. The fraction of sp³-hybridized carbons (Fsp3) is 0.357. The normalized spacial score (nSPS) is 20.0. The Morgan fingerprint density at radius 1 is 1.33 bits per heavy atom. The third-order valence-corrected chi connectivity index (χ3v) is 6.56. The van der Waals surface area contributed by atoms with E-state index in [9.17, 15) is 8.42 Å². The van der Waals surface area contributed by atoms with Gasteiger partial charge in [0.1, 0.15) is 0 Å². The standard InChI is InChI=1S/C14H17N3O2S2/c1-11-2-4-13(5-3-11)21(18,19)17-9-6-12(10-17)20-14-15-7-8-16-14/h2-5,7-8,12H,6,9-10H2,1H3,(H,15,16). The summed E-state index contributed by atoms with van der Waals surface area (Å²) in [6.45, 7) is 3.04. The first-order valence-corrected chi connectivity index (χ1v) is 9.10. The summed E-state index contributed by atoms with van der Waals surface area (Å²) in [4.78, 5) is 7.59. The SMILES string of the molecule is Cc1ccc(S(=O)(=O)N2CCC(Sc3ncc[nH]3)C2)cc1. The number of aromatic amines is 1. The van der Waals surface area contributed by atoms with Gasteiger partial charge in [0.2, 0.25) is 10.0 Å². The van der Waals surface area contributed by atoms with Crippen molar-refractivity contribution in [2.75, 3.05) is 13.1 Å². The van der Waals surface area contributed by atoms with E-state index in [0.717, 1.165) is 17.1 Å². The molecule has 2 heterocycles. The lowest BCUT2D eigenvalue weighted by Crippen LogP contribution is -2.29. The van der Waals surface area contributed by atoms with Gasteiger partial charge in [-0.1, -0.05) is 29.5 Å². The first-order valence-electron chi connectivity index (χ1n) is 6.78. The molecule has 1 N–H and O–H groups in total. The molecular weight excluding hydrogens is 306 g/mol. The van der Waals surface area contributed by atoms with E-state index < -0.39 is 10.0 Å². The van der Waals surface area contributed by atoms with Crippen molar-refractivity contribution in [3.05, 3.63) is 42.2 Å². The molecule has 3 rings (SSSR count). The maximum Gasteiger partial charge on any atom is 0.243 e. The van der Waals surface area contributed by atoms with Gasteiger partial charge in [0.15, 0.2) is 5.16 Å². The molecule has 1 fully saturated rings. The van der Waals surface area contributed by atoms with E-state index in [0.29, 0.717) is 18.0 Å². The number of aryl methyl sites for hydroxylation is 1. The van der Waals surface area contributed by atoms with Crippen LogP contribution in [0, 0.1) is 6.92 Å². The van der Waals surface area contributed by atoms with Gasteiger partial charge < -0.3 is 4.98 Å². The highest BCUT2D eigenvalue weighted by Crippen LogP contribution is 2.30. The molecule has 1 aromatic carbocycles. The summed E-state index contributed by atoms with van der Waals surface area (Å²) in [5, 5.41) is 1.09. The Labute approximate surface area is 128 Å². The van der Waals surface area contributed by atoms with Gasteiger partial charge in [-0.25, -0.2) is 13.4 Å². The largest absolute Gasteiger partial charge is 0.340 e. The highest BCUT2D eigenvalue weighted by molar-refractivity contribution is 7.99. The number of rotatable bonds is 4. The highest BCUT2D eigenvalue weighted by atomic mass is 32.2. The maximum absolute atomic E-state index is 12.6. The molecule has 21 heavy (non-hydrogen) atoms. The van der Waals surface area contributed by atoms with Gasteiger partial charge in [-0.2, -0.15) is 4.31 Å². The molecule has 0 bridgehead atoms. The third-order valence-electron chi connectivity index (χ3n) is 3.52. The van der Waals surface area contributed by atoms with Gasteiger partial charge >= 0.3 is 0 Å². The van der Waals surface area contributed by atoms with E-state index in [1.165, 1.54) is 0 Å². The predicted octanol–water partition coefficient (Wildman–Crippen LogP) is 2.27. The number of sulfonamides is 1. The van der Waals surface area contributed by atoms with Crippen LogP contribution in [-0.2, 0) is 10.0 Å². The topological polar surface area (TPSA) is 66.1 Å². The minimum Gasteiger partial charge on any atom is -0.340 e. The van der Waals surface area contributed by atoms with Crippen molar-refractivity contribution in [2.45, 2.75) is 28.6 Å². The van der Waals surface area contributed by atoms with Crippen LogP contribution in [0.3, 0.4) is 0 Å². The van der Waals surface area contributed by atoms with Crippen LogP contribution in [0.4, 0.5) is 0 Å². The number of nitrogens with zero attached hydrogens (tertiary/aromatic N) is 2. The summed E-state index contributed by atoms with van der Waals surface area (Å²) >= 11 is 1.60. The predicted molar refractivity (Wildman–Crippen MR) is 82.8 cm³/mol. The smallest absolute Gasteiger partial charge is 0.243 e. The van der Waals surface area contributed by atoms with Crippen molar-refractivity contribution in [3.63, 3.8) is 0 Å². The third kappa shape index (κ3) is 3.14. The summed E-state index contributed by atoms with van der Waals surface area (Å²) in [7, 11) is -3.38. The number of imidazole rings is 1. The van der Waals surface area contributed by atoms with Gasteiger partial charge in [-0.15, -0.1) is 0 Å². The summed E-state index contributed by atoms with van der Waals surface area (Å²) < 4.78 is 26.7. The molecule has 0 amide bonds. The Morgan fingerprint density at radius 3 is 2.76 bits per heavy atom. The van der Waals surface area contributed by atoms with Gasteiger partial charge in [-0.3, -0.25) is 0 Å². The van der Waals surface area contributed by atoms with E-state index in [4.69, 9.17) is 0 Å². The van der Waals surface area contributed by atoms with E-state index in [1.54, 1.807) is 40.6 Å². The van der Waals surface area contributed by atoms with Crippen molar-refractivity contribution in [1.29, 1.82) is 0 Å². The van der Waals surface area contributed by atoms with Crippen LogP contribution in [0.15, 0.2) is 46.7 Å². The molecule has 1 aromatic heterocycles. The van der Waals surface area contributed by atoms with E-state index >= 15 is 0 Å². The zero-order valence-electron chi connectivity index (χ0n) is 11.7. The molecule has 5 nitrogen and oxygen atoms in total. The van der Waals surface area contributed by atoms with Crippen molar-refractivity contribution >= 4 is 21.8 Å². The first kappa shape index (κ1) is 14.6. The molecular formula is C14H17N3O2S2. The fourth-order valence-corrected chi connectivity index (χ4v) is 4.99. The molecule has 1 saturated heterocycles. The van der Waals surface area contributed by atoms with Crippen LogP contribution in [0.1, 0.15) is 12.0 Å². The summed E-state index contributed by atoms with van der Waals surface area (Å²) in [6, 6.07) is 7.02. The second kappa shape index (κ2) is 5.82. The quantitative estimate of drug-likeness (QED) is 0.937. The molecule has 1 atom stereocenters. The lowest BCUT2D eigenvalue weighted by atomic mass is 10.2. The van der Waals surface area contributed by atoms with Crippen molar-refractivity contribution < 1.29 is 8.42 Å². The zero-order valence-corrected chi connectivity index (χ0v) is 13.3. The fourth-order valence-electron chi connectivity index (χ4n) is 2.34. The highest BCUT2D eigenvalue weighted by Gasteiger charge is 2.33. The van der Waals surface area contributed by atoms with Gasteiger partial charge in [0.05, 0.1) is 4.90 Å². The molecule has 1 unspecified atom stereocenters. The van der Waals surface area contributed by atoms with Gasteiger partial charge in [-0.05, 0) is 25.5 Å². The second-order valence-corrected chi connectivity index (χ2v) is 8.33. The zero-order chi connectivity index (χ0) is 14.9. The van der Waals surface area contributed by atoms with Gasteiger partial charge in [0.25, 0.3) is 0 Å². The molecule has 0 aliphatic carbocycles. The molecule has 0 spiro atoms. The molecule has 0 saturated carbocycles. The average molecular weight is 323 g/mol. The first-order chi connectivity index (χ1) is 10.1. The maximum atomic E-state index is 12.6. The minimum absolute atomic E-state index is 0.247. The number of thioether (sulfide) groups is 1. The van der Waals surface area contributed by atoms with Crippen LogP contribution in [0.5, 0.6) is 0 Å². The molecule has 1 aliphatic heterocycles. The summed E-state index contributed by atoms with van der Waals surface area (Å²) in [5.41, 5.74) is 1.06. The van der Waals surface area contributed by atoms with Crippen LogP contribution < -0.4 is 0 Å². The molecule has 0 radical (unpaired) electrons. The summed E-state index contributed by atoms with van der Waals surface area (Å²) in [5.74, 6) is 0.